The molecule has 2 rings (SSSR count). The van der Waals surface area contributed by atoms with E-state index in [1.165, 1.54) is 30.6 Å². The second kappa shape index (κ2) is 7.54. The summed E-state index contributed by atoms with van der Waals surface area (Å²) in [5.41, 5.74) is 0.973. The molecular weight excluding hydrogens is 398 g/mol. The van der Waals surface area contributed by atoms with E-state index in [4.69, 9.17) is 0 Å². The Hall–Kier alpha value is -0.680. The highest BCUT2D eigenvalue weighted by atomic mass is 79.9. The van der Waals surface area contributed by atoms with Gasteiger partial charge in [0.25, 0.3) is 11.8 Å². The summed E-state index contributed by atoms with van der Waals surface area (Å²) in [5.74, 6) is -0.367. The lowest BCUT2D eigenvalue weighted by Gasteiger charge is -2.13. The molecular formula is C16H19Br2NO2. The van der Waals surface area contributed by atoms with Crippen LogP contribution in [0.5, 0.6) is 0 Å². The molecule has 0 radical (unpaired) electrons. The van der Waals surface area contributed by atoms with E-state index in [-0.39, 0.29) is 11.8 Å². The standard InChI is InChI=1S/C16H19Br2NO2/c1-2-3-4-5-6-7-10-19-15(20)13-11(17)8-9-12(18)14(13)16(19)21/h8-9H,2-7,10H2,1H3. The maximum Gasteiger partial charge on any atom is 0.262 e. The van der Waals surface area contributed by atoms with Crippen molar-refractivity contribution in [3.63, 3.8) is 0 Å². The van der Waals surface area contributed by atoms with Gasteiger partial charge in [-0.15, -0.1) is 0 Å². The van der Waals surface area contributed by atoms with Gasteiger partial charge in [-0.2, -0.15) is 0 Å². The normalized spacial score (nSPS) is 14.0. The van der Waals surface area contributed by atoms with Gasteiger partial charge in [0, 0.05) is 15.5 Å². The Kier molecular flexibility index (Phi) is 5.99. The second-order valence-corrected chi connectivity index (χ2v) is 7.02. The summed E-state index contributed by atoms with van der Waals surface area (Å²) in [5, 5.41) is 0. The highest BCUT2D eigenvalue weighted by Gasteiger charge is 2.38. The van der Waals surface area contributed by atoms with Gasteiger partial charge in [0.1, 0.15) is 0 Å². The third-order valence-corrected chi connectivity index (χ3v) is 5.08. The first kappa shape index (κ1) is 16.7. The molecule has 114 valence electrons. The fourth-order valence-corrected chi connectivity index (χ4v) is 3.59. The molecule has 2 amide bonds. The predicted octanol–water partition coefficient (Wildman–Crippen LogP) is 5.17. The Bertz CT molecular complexity index is 516. The van der Waals surface area contributed by atoms with E-state index in [2.05, 4.69) is 38.8 Å². The lowest BCUT2D eigenvalue weighted by molar-refractivity contribution is 0.0651. The largest absolute Gasteiger partial charge is 0.274 e. The summed E-state index contributed by atoms with van der Waals surface area (Å²) < 4.78 is 1.37. The first-order chi connectivity index (χ1) is 10.1. The van der Waals surface area contributed by atoms with Gasteiger partial charge in [-0.05, 0) is 50.4 Å². The van der Waals surface area contributed by atoms with Crippen LogP contribution in [0.25, 0.3) is 0 Å². The number of benzene rings is 1. The highest BCUT2D eigenvalue weighted by molar-refractivity contribution is 9.11. The fraction of sp³-hybridized carbons (Fsp3) is 0.500. The van der Waals surface area contributed by atoms with Crippen molar-refractivity contribution >= 4 is 43.7 Å². The van der Waals surface area contributed by atoms with Gasteiger partial charge in [-0.3, -0.25) is 14.5 Å². The van der Waals surface area contributed by atoms with Gasteiger partial charge in [-0.25, -0.2) is 0 Å². The van der Waals surface area contributed by atoms with Crippen molar-refractivity contribution in [2.45, 2.75) is 45.4 Å². The molecule has 0 unspecified atom stereocenters. The molecule has 1 aliphatic rings. The number of carbonyl (C=O) groups is 2. The molecule has 1 aliphatic heterocycles. The van der Waals surface area contributed by atoms with Crippen molar-refractivity contribution in [1.29, 1.82) is 0 Å². The molecule has 0 spiro atoms. The molecule has 5 heteroatoms. The summed E-state index contributed by atoms with van der Waals surface area (Å²) in [6.45, 7) is 2.70. The zero-order chi connectivity index (χ0) is 15.4. The number of amides is 2. The van der Waals surface area contributed by atoms with Crippen LogP contribution in [0, 0.1) is 0 Å². The Morgan fingerprint density at radius 3 is 1.86 bits per heavy atom. The molecule has 3 nitrogen and oxygen atoms in total. The predicted molar refractivity (Wildman–Crippen MR) is 90.6 cm³/mol. The van der Waals surface area contributed by atoms with E-state index >= 15 is 0 Å². The van der Waals surface area contributed by atoms with Crippen LogP contribution >= 0.6 is 31.9 Å². The lowest BCUT2D eigenvalue weighted by atomic mass is 10.1. The molecule has 1 aromatic carbocycles. The van der Waals surface area contributed by atoms with Crippen molar-refractivity contribution in [2.24, 2.45) is 0 Å². The van der Waals surface area contributed by atoms with Crippen LogP contribution in [0.4, 0.5) is 0 Å². The zero-order valence-electron chi connectivity index (χ0n) is 12.1. The zero-order valence-corrected chi connectivity index (χ0v) is 15.3. The van der Waals surface area contributed by atoms with Crippen LogP contribution in [0.15, 0.2) is 21.1 Å². The quantitative estimate of drug-likeness (QED) is 0.454. The van der Waals surface area contributed by atoms with Crippen molar-refractivity contribution in [2.75, 3.05) is 6.54 Å². The van der Waals surface area contributed by atoms with Gasteiger partial charge < -0.3 is 0 Å². The Morgan fingerprint density at radius 1 is 0.857 bits per heavy atom. The van der Waals surface area contributed by atoms with Crippen molar-refractivity contribution in [1.82, 2.24) is 4.90 Å². The van der Waals surface area contributed by atoms with Gasteiger partial charge >= 0.3 is 0 Å². The molecule has 0 saturated heterocycles. The highest BCUT2D eigenvalue weighted by Crippen LogP contribution is 2.34. The molecule has 0 fully saturated rings. The molecule has 1 aromatic rings. The molecule has 0 aromatic heterocycles. The number of nitrogens with zero attached hydrogens (tertiary/aromatic N) is 1. The average Bonchev–Trinajstić information content (AvgIpc) is 2.72. The average molecular weight is 417 g/mol. The Morgan fingerprint density at radius 2 is 1.33 bits per heavy atom. The lowest BCUT2D eigenvalue weighted by Crippen LogP contribution is -2.30. The Balaban J connectivity index is 1.98. The van der Waals surface area contributed by atoms with Gasteiger partial charge in [0.05, 0.1) is 11.1 Å². The topological polar surface area (TPSA) is 37.4 Å². The molecule has 0 N–H and O–H groups in total. The van der Waals surface area contributed by atoms with Crippen molar-refractivity contribution in [3.05, 3.63) is 32.2 Å². The van der Waals surface area contributed by atoms with Gasteiger partial charge in [0.2, 0.25) is 0 Å². The molecule has 0 bridgehead atoms. The minimum absolute atomic E-state index is 0.184. The number of hydrogen-bond acceptors (Lipinski definition) is 2. The van der Waals surface area contributed by atoms with Crippen LogP contribution in [-0.4, -0.2) is 23.3 Å². The van der Waals surface area contributed by atoms with E-state index < -0.39 is 0 Å². The van der Waals surface area contributed by atoms with E-state index in [1.807, 2.05) is 0 Å². The Labute approximate surface area is 142 Å². The van der Waals surface area contributed by atoms with Gasteiger partial charge in [-0.1, -0.05) is 39.0 Å². The first-order valence-corrected chi connectivity index (χ1v) is 9.00. The molecule has 21 heavy (non-hydrogen) atoms. The molecule has 0 aliphatic carbocycles. The second-order valence-electron chi connectivity index (χ2n) is 5.31. The van der Waals surface area contributed by atoms with Crippen molar-refractivity contribution < 1.29 is 9.59 Å². The van der Waals surface area contributed by atoms with Crippen LogP contribution in [0.1, 0.15) is 66.2 Å². The molecule has 0 saturated carbocycles. The third-order valence-electron chi connectivity index (χ3n) is 3.76. The molecule has 0 atom stereocenters. The smallest absolute Gasteiger partial charge is 0.262 e. The van der Waals surface area contributed by atoms with E-state index in [1.54, 1.807) is 12.1 Å². The number of rotatable bonds is 7. The minimum atomic E-state index is -0.184. The number of halogens is 2. The van der Waals surface area contributed by atoms with Crippen LogP contribution < -0.4 is 0 Å². The monoisotopic (exact) mass is 415 g/mol. The third kappa shape index (κ3) is 3.57. The summed E-state index contributed by atoms with van der Waals surface area (Å²) in [6.07, 6.45) is 6.83. The fourth-order valence-electron chi connectivity index (χ4n) is 2.59. The van der Waals surface area contributed by atoms with E-state index in [9.17, 15) is 9.59 Å². The van der Waals surface area contributed by atoms with Crippen molar-refractivity contribution in [3.8, 4) is 0 Å². The van der Waals surface area contributed by atoms with Crippen LogP contribution in [0.3, 0.4) is 0 Å². The number of imide groups is 1. The first-order valence-electron chi connectivity index (χ1n) is 7.42. The number of unbranched alkanes of at least 4 members (excludes halogenated alkanes) is 5. The maximum atomic E-state index is 12.4. The summed E-state index contributed by atoms with van der Waals surface area (Å²) >= 11 is 6.73. The number of fused-ring (bicyclic) bond motifs is 1. The SMILES string of the molecule is CCCCCCCCN1C(=O)c2c(Br)ccc(Br)c2C1=O. The number of carbonyl (C=O) groups excluding carboxylic acids is 2. The summed E-state index contributed by atoms with van der Waals surface area (Å²) in [6, 6.07) is 3.59. The maximum absolute atomic E-state index is 12.4. The minimum Gasteiger partial charge on any atom is -0.274 e. The van der Waals surface area contributed by atoms with Crippen LogP contribution in [-0.2, 0) is 0 Å². The summed E-state index contributed by atoms with van der Waals surface area (Å²) in [4.78, 5) is 26.2. The molecule has 1 heterocycles. The van der Waals surface area contributed by atoms with Gasteiger partial charge in [0.15, 0.2) is 0 Å². The number of hydrogen-bond donors (Lipinski definition) is 0. The van der Waals surface area contributed by atoms with E-state index in [0.29, 0.717) is 26.6 Å². The van der Waals surface area contributed by atoms with E-state index in [0.717, 1.165) is 12.8 Å². The van der Waals surface area contributed by atoms with Crippen LogP contribution in [0.2, 0.25) is 0 Å². The summed E-state index contributed by atoms with van der Waals surface area (Å²) in [7, 11) is 0.